The molecule has 2 N–H and O–H groups in total. The highest BCUT2D eigenvalue weighted by atomic mass is 16.2. The average molecular weight is 284 g/mol. The Kier molecular flexibility index (Phi) is 5.41. The summed E-state index contributed by atoms with van der Waals surface area (Å²) in [5.41, 5.74) is 8.07. The third-order valence-electron chi connectivity index (χ3n) is 4.03. The molecule has 1 aromatic carbocycles. The van der Waals surface area contributed by atoms with Crippen molar-refractivity contribution in [3.8, 4) is 11.8 Å². The van der Waals surface area contributed by atoms with Crippen LogP contribution in [0.2, 0.25) is 0 Å². The standard InChI is InChI=1S/C18H24N2O/c1-3-20(13-15-6-4-7-15)18(21)17-11-14(2)10-16(12-17)8-5-9-19/h10-12,15H,3-4,6-7,9,13,19H2,1-2H3. The Morgan fingerprint density at radius 1 is 1.38 bits per heavy atom. The van der Waals surface area contributed by atoms with E-state index in [0.29, 0.717) is 12.5 Å². The van der Waals surface area contributed by atoms with Gasteiger partial charge in [-0.3, -0.25) is 4.79 Å². The third kappa shape index (κ3) is 4.09. The lowest BCUT2D eigenvalue weighted by Gasteiger charge is -2.32. The van der Waals surface area contributed by atoms with Crippen LogP contribution in [-0.4, -0.2) is 30.4 Å². The van der Waals surface area contributed by atoms with E-state index in [4.69, 9.17) is 5.73 Å². The largest absolute Gasteiger partial charge is 0.339 e. The molecule has 3 nitrogen and oxygen atoms in total. The van der Waals surface area contributed by atoms with Crippen molar-refractivity contribution in [2.24, 2.45) is 11.7 Å². The maximum atomic E-state index is 12.7. The van der Waals surface area contributed by atoms with E-state index in [1.807, 2.05) is 36.9 Å². The highest BCUT2D eigenvalue weighted by Gasteiger charge is 2.23. The number of nitrogens with zero attached hydrogens (tertiary/aromatic N) is 1. The third-order valence-corrected chi connectivity index (χ3v) is 4.03. The molecule has 0 radical (unpaired) electrons. The van der Waals surface area contributed by atoms with Gasteiger partial charge in [-0.05, 0) is 56.4 Å². The quantitative estimate of drug-likeness (QED) is 0.864. The predicted molar refractivity (Wildman–Crippen MR) is 86.0 cm³/mol. The van der Waals surface area contributed by atoms with E-state index in [0.717, 1.165) is 29.8 Å². The highest BCUT2D eigenvalue weighted by Crippen LogP contribution is 2.27. The van der Waals surface area contributed by atoms with E-state index in [2.05, 4.69) is 11.8 Å². The van der Waals surface area contributed by atoms with Gasteiger partial charge in [-0.15, -0.1) is 0 Å². The van der Waals surface area contributed by atoms with Crippen LogP contribution in [0.25, 0.3) is 0 Å². The first-order valence-electron chi connectivity index (χ1n) is 7.74. The molecule has 1 amide bonds. The Morgan fingerprint density at radius 3 is 2.71 bits per heavy atom. The van der Waals surface area contributed by atoms with Gasteiger partial charge in [0.25, 0.3) is 5.91 Å². The van der Waals surface area contributed by atoms with Gasteiger partial charge in [-0.25, -0.2) is 0 Å². The molecule has 0 saturated heterocycles. The Bertz CT molecular complexity index is 564. The molecule has 0 aliphatic heterocycles. The molecule has 3 heteroatoms. The number of carbonyl (C=O) groups excluding carboxylic acids is 1. The fraction of sp³-hybridized carbons (Fsp3) is 0.500. The summed E-state index contributed by atoms with van der Waals surface area (Å²) in [6.45, 7) is 6.01. The van der Waals surface area contributed by atoms with Crippen molar-refractivity contribution in [3.63, 3.8) is 0 Å². The number of benzene rings is 1. The summed E-state index contributed by atoms with van der Waals surface area (Å²) in [6, 6.07) is 5.81. The van der Waals surface area contributed by atoms with Crippen LogP contribution in [-0.2, 0) is 0 Å². The first kappa shape index (κ1) is 15.6. The smallest absolute Gasteiger partial charge is 0.253 e. The molecule has 1 aliphatic rings. The van der Waals surface area contributed by atoms with Crippen molar-refractivity contribution in [2.75, 3.05) is 19.6 Å². The van der Waals surface area contributed by atoms with E-state index >= 15 is 0 Å². The maximum Gasteiger partial charge on any atom is 0.253 e. The van der Waals surface area contributed by atoms with Crippen molar-refractivity contribution in [1.82, 2.24) is 4.90 Å². The molecule has 0 heterocycles. The minimum absolute atomic E-state index is 0.115. The molecule has 0 unspecified atom stereocenters. The zero-order valence-corrected chi connectivity index (χ0v) is 13.0. The lowest BCUT2D eigenvalue weighted by molar-refractivity contribution is 0.0706. The Balaban J connectivity index is 2.17. The summed E-state index contributed by atoms with van der Waals surface area (Å²) in [5, 5.41) is 0. The lowest BCUT2D eigenvalue weighted by atomic mass is 9.85. The molecular formula is C18H24N2O. The monoisotopic (exact) mass is 284 g/mol. The molecule has 21 heavy (non-hydrogen) atoms. The highest BCUT2D eigenvalue weighted by molar-refractivity contribution is 5.94. The molecule has 2 rings (SSSR count). The summed E-state index contributed by atoms with van der Waals surface area (Å²) in [4.78, 5) is 14.6. The van der Waals surface area contributed by atoms with E-state index in [1.165, 1.54) is 19.3 Å². The number of rotatable bonds is 4. The molecule has 1 fully saturated rings. The second kappa shape index (κ2) is 7.28. The molecule has 0 aromatic heterocycles. The van der Waals surface area contributed by atoms with Crippen molar-refractivity contribution < 1.29 is 4.79 Å². The zero-order chi connectivity index (χ0) is 15.2. The second-order valence-corrected chi connectivity index (χ2v) is 5.73. The zero-order valence-electron chi connectivity index (χ0n) is 13.0. The minimum Gasteiger partial charge on any atom is -0.339 e. The Morgan fingerprint density at radius 2 is 2.14 bits per heavy atom. The molecule has 0 spiro atoms. The van der Waals surface area contributed by atoms with Gasteiger partial charge in [0.05, 0.1) is 6.54 Å². The van der Waals surface area contributed by atoms with Crippen molar-refractivity contribution >= 4 is 5.91 Å². The van der Waals surface area contributed by atoms with Gasteiger partial charge in [0.2, 0.25) is 0 Å². The normalized spacial score (nSPS) is 14.0. The van der Waals surface area contributed by atoms with Gasteiger partial charge in [0.15, 0.2) is 0 Å². The molecule has 112 valence electrons. The van der Waals surface area contributed by atoms with Gasteiger partial charge in [-0.2, -0.15) is 0 Å². The summed E-state index contributed by atoms with van der Waals surface area (Å²) in [7, 11) is 0. The van der Waals surface area contributed by atoms with Crippen molar-refractivity contribution in [1.29, 1.82) is 0 Å². The summed E-state index contributed by atoms with van der Waals surface area (Å²) in [5.74, 6) is 6.66. The number of nitrogens with two attached hydrogens (primary N) is 1. The fourth-order valence-corrected chi connectivity index (χ4v) is 2.66. The van der Waals surface area contributed by atoms with E-state index in [1.54, 1.807) is 0 Å². The molecule has 1 aromatic rings. The molecular weight excluding hydrogens is 260 g/mol. The van der Waals surface area contributed by atoms with Crippen LogP contribution in [0, 0.1) is 24.7 Å². The summed E-state index contributed by atoms with van der Waals surface area (Å²) in [6.07, 6.45) is 3.81. The van der Waals surface area contributed by atoms with Crippen LogP contribution >= 0.6 is 0 Å². The van der Waals surface area contributed by atoms with Gasteiger partial charge >= 0.3 is 0 Å². The number of aryl methyl sites for hydroxylation is 1. The Hall–Kier alpha value is -1.79. The summed E-state index contributed by atoms with van der Waals surface area (Å²) >= 11 is 0. The first-order valence-corrected chi connectivity index (χ1v) is 7.74. The van der Waals surface area contributed by atoms with Crippen molar-refractivity contribution in [2.45, 2.75) is 33.1 Å². The minimum atomic E-state index is 0.115. The van der Waals surface area contributed by atoms with Crippen LogP contribution in [0.3, 0.4) is 0 Å². The fourth-order valence-electron chi connectivity index (χ4n) is 2.66. The van der Waals surface area contributed by atoms with Crippen LogP contribution in [0.15, 0.2) is 18.2 Å². The molecule has 1 aliphatic carbocycles. The molecule has 1 saturated carbocycles. The number of amides is 1. The van der Waals surface area contributed by atoms with Crippen LogP contribution in [0.4, 0.5) is 0 Å². The van der Waals surface area contributed by atoms with E-state index in [-0.39, 0.29) is 5.91 Å². The van der Waals surface area contributed by atoms with E-state index < -0.39 is 0 Å². The van der Waals surface area contributed by atoms with Gasteiger partial charge in [0.1, 0.15) is 0 Å². The lowest BCUT2D eigenvalue weighted by Crippen LogP contribution is -2.37. The molecule has 0 bridgehead atoms. The average Bonchev–Trinajstić information content (AvgIpc) is 2.43. The van der Waals surface area contributed by atoms with Crippen LogP contribution in [0.1, 0.15) is 47.7 Å². The van der Waals surface area contributed by atoms with E-state index in [9.17, 15) is 4.79 Å². The first-order chi connectivity index (χ1) is 10.1. The Labute approximate surface area is 127 Å². The number of carbonyl (C=O) groups is 1. The van der Waals surface area contributed by atoms with Gasteiger partial charge in [-0.1, -0.05) is 18.3 Å². The van der Waals surface area contributed by atoms with Crippen molar-refractivity contribution in [3.05, 3.63) is 34.9 Å². The maximum absolute atomic E-state index is 12.7. The van der Waals surface area contributed by atoms with Gasteiger partial charge < -0.3 is 10.6 Å². The molecule has 0 atom stereocenters. The number of hydrogen-bond donors (Lipinski definition) is 1. The topological polar surface area (TPSA) is 46.3 Å². The predicted octanol–water partition coefficient (Wildman–Crippen LogP) is 2.57. The van der Waals surface area contributed by atoms with Gasteiger partial charge in [0, 0.05) is 24.2 Å². The SMILES string of the molecule is CCN(CC1CCC1)C(=O)c1cc(C)cc(C#CCN)c1. The van der Waals surface area contributed by atoms with Crippen LogP contribution in [0.5, 0.6) is 0 Å². The number of hydrogen-bond acceptors (Lipinski definition) is 2. The van der Waals surface area contributed by atoms with Crippen LogP contribution < -0.4 is 5.73 Å². The summed E-state index contributed by atoms with van der Waals surface area (Å²) < 4.78 is 0. The second-order valence-electron chi connectivity index (χ2n) is 5.73.